The van der Waals surface area contributed by atoms with E-state index < -0.39 is 0 Å². The van der Waals surface area contributed by atoms with E-state index in [9.17, 15) is 4.79 Å². The highest BCUT2D eigenvalue weighted by Crippen LogP contribution is 2.30. The maximum atomic E-state index is 12.7. The molecule has 1 saturated carbocycles. The van der Waals surface area contributed by atoms with Crippen LogP contribution in [-0.2, 0) is 9.47 Å². The molecule has 2 amide bonds. The molecule has 25 heavy (non-hydrogen) atoms. The summed E-state index contributed by atoms with van der Waals surface area (Å²) in [4.78, 5) is 18.7. The monoisotopic (exact) mass is 349 g/mol. The van der Waals surface area contributed by atoms with Crippen molar-refractivity contribution >= 4 is 12.0 Å². The van der Waals surface area contributed by atoms with Crippen LogP contribution in [0, 0.1) is 0 Å². The predicted molar refractivity (Wildman–Crippen MR) is 91.4 cm³/mol. The van der Waals surface area contributed by atoms with E-state index in [1.165, 1.54) is 19.3 Å². The summed E-state index contributed by atoms with van der Waals surface area (Å²) >= 11 is 0. The lowest BCUT2D eigenvalue weighted by Gasteiger charge is -2.42. The molecule has 2 aliphatic heterocycles. The highest BCUT2D eigenvalue weighted by molar-refractivity contribution is 5.87. The fourth-order valence-corrected chi connectivity index (χ4v) is 4.21. The van der Waals surface area contributed by atoms with Crippen molar-refractivity contribution in [2.75, 3.05) is 31.6 Å². The second-order valence-electron chi connectivity index (χ2n) is 7.56. The Morgan fingerprint density at radius 3 is 2.96 bits per heavy atom. The van der Waals surface area contributed by atoms with Gasteiger partial charge >= 0.3 is 6.03 Å². The second-order valence-corrected chi connectivity index (χ2v) is 7.56. The Balaban J connectivity index is 1.39. The van der Waals surface area contributed by atoms with Crippen LogP contribution < -0.4 is 5.32 Å². The van der Waals surface area contributed by atoms with Gasteiger partial charge in [-0.1, -0.05) is 19.3 Å². The number of hydrogen-bond acceptors (Lipinski definition) is 5. The molecule has 2 saturated heterocycles. The molecule has 4 rings (SSSR count). The van der Waals surface area contributed by atoms with Gasteiger partial charge in [0.1, 0.15) is 11.9 Å². The number of ether oxygens (including phenoxy) is 2. The molecular formula is C17H27N5O3. The molecule has 3 heterocycles. The average molecular weight is 349 g/mol. The average Bonchev–Trinajstić information content (AvgIpc) is 3.25. The van der Waals surface area contributed by atoms with Gasteiger partial charge in [-0.05, 0) is 19.8 Å². The van der Waals surface area contributed by atoms with E-state index in [0.717, 1.165) is 19.3 Å². The van der Waals surface area contributed by atoms with E-state index in [-0.39, 0.29) is 17.7 Å². The molecule has 0 unspecified atom stereocenters. The van der Waals surface area contributed by atoms with Gasteiger partial charge in [0.05, 0.1) is 25.3 Å². The van der Waals surface area contributed by atoms with Crippen LogP contribution in [0.4, 0.5) is 10.7 Å². The molecule has 0 aromatic carbocycles. The number of carbonyl (C=O) groups is 1. The van der Waals surface area contributed by atoms with Gasteiger partial charge in [0.25, 0.3) is 0 Å². The molecule has 138 valence electrons. The van der Waals surface area contributed by atoms with E-state index in [1.807, 2.05) is 11.6 Å². The zero-order valence-electron chi connectivity index (χ0n) is 14.8. The van der Waals surface area contributed by atoms with E-state index in [0.29, 0.717) is 38.3 Å². The third-order valence-corrected chi connectivity index (χ3v) is 5.44. The number of morpholine rings is 1. The number of anilines is 1. The Bertz CT molecular complexity index is 607. The van der Waals surface area contributed by atoms with Crippen molar-refractivity contribution in [3.05, 3.63) is 6.33 Å². The van der Waals surface area contributed by atoms with Gasteiger partial charge in [0.2, 0.25) is 5.95 Å². The highest BCUT2D eigenvalue weighted by atomic mass is 16.6. The number of rotatable bonds is 2. The Kier molecular flexibility index (Phi) is 4.64. The van der Waals surface area contributed by atoms with Crippen LogP contribution in [0.3, 0.4) is 0 Å². The van der Waals surface area contributed by atoms with Crippen molar-refractivity contribution in [2.45, 2.75) is 63.2 Å². The molecule has 0 bridgehead atoms. The van der Waals surface area contributed by atoms with Crippen LogP contribution in [-0.4, -0.2) is 63.7 Å². The number of nitrogens with zero attached hydrogens (tertiary/aromatic N) is 4. The normalized spacial score (nSPS) is 30.8. The van der Waals surface area contributed by atoms with Gasteiger partial charge in [-0.3, -0.25) is 5.32 Å². The van der Waals surface area contributed by atoms with Crippen LogP contribution in [0.25, 0.3) is 0 Å². The van der Waals surface area contributed by atoms with Crippen LogP contribution in [0.5, 0.6) is 0 Å². The first kappa shape index (κ1) is 16.8. The lowest BCUT2D eigenvalue weighted by Crippen LogP contribution is -2.57. The first-order valence-corrected chi connectivity index (χ1v) is 9.36. The number of urea groups is 1. The lowest BCUT2D eigenvalue weighted by atomic mass is 9.96. The molecule has 3 fully saturated rings. The summed E-state index contributed by atoms with van der Waals surface area (Å²) in [5.74, 6) is 0.381. The maximum absolute atomic E-state index is 12.7. The number of hydrogen-bond donors (Lipinski definition) is 1. The third-order valence-electron chi connectivity index (χ3n) is 5.44. The van der Waals surface area contributed by atoms with Crippen LogP contribution in [0.2, 0.25) is 0 Å². The number of amides is 2. The van der Waals surface area contributed by atoms with Gasteiger partial charge in [-0.15, -0.1) is 5.10 Å². The Hall–Kier alpha value is -1.67. The summed E-state index contributed by atoms with van der Waals surface area (Å²) in [7, 11) is 0. The molecular weight excluding hydrogens is 322 g/mol. The Labute approximate surface area is 147 Å². The summed E-state index contributed by atoms with van der Waals surface area (Å²) < 4.78 is 13.5. The zero-order valence-corrected chi connectivity index (χ0v) is 14.8. The molecule has 1 aromatic rings. The molecule has 8 nitrogen and oxygen atoms in total. The first-order chi connectivity index (χ1) is 12.1. The lowest BCUT2D eigenvalue weighted by molar-refractivity contribution is -0.136. The smallest absolute Gasteiger partial charge is 0.324 e. The topological polar surface area (TPSA) is 81.5 Å². The van der Waals surface area contributed by atoms with E-state index in [1.54, 1.807) is 11.2 Å². The fourth-order valence-electron chi connectivity index (χ4n) is 4.21. The molecule has 0 radical (unpaired) electrons. The minimum atomic E-state index is -0.357. The number of nitrogens with one attached hydrogen (secondary N) is 1. The Morgan fingerprint density at radius 2 is 2.20 bits per heavy atom. The fraction of sp³-hybridized carbons (Fsp3) is 0.824. The summed E-state index contributed by atoms with van der Waals surface area (Å²) in [6, 6.07) is 0.247. The van der Waals surface area contributed by atoms with Crippen molar-refractivity contribution in [3.8, 4) is 0 Å². The van der Waals surface area contributed by atoms with E-state index in [2.05, 4.69) is 15.4 Å². The standard InChI is InChI=1S/C17H27N5O3/c1-13-9-21(10-17(25-13)7-8-24-11-17)16(23)19-15-18-12-22(20-15)14-5-3-2-4-6-14/h12-14H,2-11H2,1H3,(H,19,20,23)/t13-,17-/m0/s1. The first-order valence-electron chi connectivity index (χ1n) is 9.36. The van der Waals surface area contributed by atoms with Crippen molar-refractivity contribution in [3.63, 3.8) is 0 Å². The highest BCUT2D eigenvalue weighted by Gasteiger charge is 2.44. The van der Waals surface area contributed by atoms with Crippen LogP contribution in [0.15, 0.2) is 6.33 Å². The van der Waals surface area contributed by atoms with E-state index >= 15 is 0 Å². The van der Waals surface area contributed by atoms with Gasteiger partial charge in [-0.2, -0.15) is 0 Å². The molecule has 1 spiro atoms. The zero-order chi connectivity index (χ0) is 17.3. The van der Waals surface area contributed by atoms with Gasteiger partial charge in [-0.25, -0.2) is 14.5 Å². The van der Waals surface area contributed by atoms with Crippen LogP contribution in [0.1, 0.15) is 51.5 Å². The summed E-state index contributed by atoms with van der Waals surface area (Å²) in [5, 5.41) is 7.31. The summed E-state index contributed by atoms with van der Waals surface area (Å²) in [5.41, 5.74) is -0.357. The Morgan fingerprint density at radius 1 is 1.36 bits per heavy atom. The molecule has 3 aliphatic rings. The SMILES string of the molecule is C[C@H]1CN(C(=O)Nc2ncn(C3CCCCC3)n2)C[C@]2(CCOC2)O1. The van der Waals surface area contributed by atoms with Crippen LogP contribution >= 0.6 is 0 Å². The molecule has 1 N–H and O–H groups in total. The third kappa shape index (κ3) is 3.64. The number of aromatic nitrogens is 3. The van der Waals surface area contributed by atoms with Gasteiger partial charge < -0.3 is 14.4 Å². The summed E-state index contributed by atoms with van der Waals surface area (Å²) in [6.07, 6.45) is 8.61. The minimum Gasteiger partial charge on any atom is -0.378 e. The van der Waals surface area contributed by atoms with Gasteiger partial charge in [0, 0.05) is 19.6 Å². The molecule has 2 atom stereocenters. The molecule has 1 aliphatic carbocycles. The van der Waals surface area contributed by atoms with Crippen molar-refractivity contribution < 1.29 is 14.3 Å². The van der Waals surface area contributed by atoms with Crippen molar-refractivity contribution in [1.82, 2.24) is 19.7 Å². The quantitative estimate of drug-likeness (QED) is 0.885. The largest absolute Gasteiger partial charge is 0.378 e. The molecule has 1 aromatic heterocycles. The summed E-state index contributed by atoms with van der Waals surface area (Å²) in [6.45, 7) is 4.35. The minimum absolute atomic E-state index is 0.00560. The maximum Gasteiger partial charge on any atom is 0.324 e. The second kappa shape index (κ2) is 6.92. The van der Waals surface area contributed by atoms with Gasteiger partial charge in [0.15, 0.2) is 0 Å². The van der Waals surface area contributed by atoms with Crippen molar-refractivity contribution in [1.29, 1.82) is 0 Å². The predicted octanol–water partition coefficient (Wildman–Crippen LogP) is 2.20. The van der Waals surface area contributed by atoms with Crippen molar-refractivity contribution in [2.24, 2.45) is 0 Å². The van der Waals surface area contributed by atoms with E-state index in [4.69, 9.17) is 9.47 Å². The molecule has 8 heteroatoms. The number of carbonyl (C=O) groups excluding carboxylic acids is 1.